The molecule has 4 heteroatoms. The van der Waals surface area contributed by atoms with Crippen LogP contribution in [0.2, 0.25) is 0 Å². The second-order valence-corrected chi connectivity index (χ2v) is 3.02. The summed E-state index contributed by atoms with van der Waals surface area (Å²) in [5, 5.41) is 0. The van der Waals surface area contributed by atoms with Gasteiger partial charge >= 0.3 is 0 Å². The molecule has 0 aliphatic rings. The number of nitrogens with two attached hydrogens (primary N) is 1. The summed E-state index contributed by atoms with van der Waals surface area (Å²) in [5.74, 6) is 1.42. The van der Waals surface area contributed by atoms with E-state index >= 15 is 0 Å². The van der Waals surface area contributed by atoms with E-state index in [1.807, 2.05) is 19.1 Å². The fraction of sp³-hybridized carbons (Fsp3) is 0.200. The molecule has 0 fully saturated rings. The molecule has 0 radical (unpaired) electrons. The molecule has 1 atom stereocenters. The van der Waals surface area contributed by atoms with Gasteiger partial charge in [0.15, 0.2) is 0 Å². The van der Waals surface area contributed by atoms with Gasteiger partial charge in [0.1, 0.15) is 17.6 Å². The van der Waals surface area contributed by atoms with Crippen LogP contribution in [0, 0.1) is 6.92 Å². The average molecular weight is 189 g/mol. The minimum absolute atomic E-state index is 0.313. The van der Waals surface area contributed by atoms with Crippen molar-refractivity contribution in [2.75, 3.05) is 0 Å². The number of furan rings is 1. The lowest BCUT2D eigenvalue weighted by molar-refractivity contribution is 0.486. The number of aromatic nitrogens is 2. The summed E-state index contributed by atoms with van der Waals surface area (Å²) in [6.45, 7) is 1.83. The molecular weight excluding hydrogens is 178 g/mol. The molecule has 4 nitrogen and oxygen atoms in total. The first kappa shape index (κ1) is 8.90. The van der Waals surface area contributed by atoms with Gasteiger partial charge in [-0.15, -0.1) is 0 Å². The summed E-state index contributed by atoms with van der Waals surface area (Å²) in [4.78, 5) is 8.24. The van der Waals surface area contributed by atoms with Crippen molar-refractivity contribution < 1.29 is 4.42 Å². The van der Waals surface area contributed by atoms with Crippen molar-refractivity contribution in [3.63, 3.8) is 0 Å². The highest BCUT2D eigenvalue weighted by molar-refractivity contribution is 5.18. The first-order valence-electron chi connectivity index (χ1n) is 4.36. The van der Waals surface area contributed by atoms with Gasteiger partial charge in [-0.25, -0.2) is 9.97 Å². The summed E-state index contributed by atoms with van der Waals surface area (Å²) in [5.41, 5.74) is 6.72. The molecule has 1 unspecified atom stereocenters. The third-order valence-corrected chi connectivity index (χ3v) is 1.97. The van der Waals surface area contributed by atoms with Gasteiger partial charge in [-0.05, 0) is 25.1 Å². The Morgan fingerprint density at radius 3 is 2.93 bits per heavy atom. The molecule has 2 N–H and O–H groups in total. The molecule has 0 spiro atoms. The molecule has 0 bridgehead atoms. The SMILES string of the molecule is Cc1nccc(C(N)c2ccco2)n1. The number of hydrogen-bond acceptors (Lipinski definition) is 4. The Kier molecular flexibility index (Phi) is 2.28. The highest BCUT2D eigenvalue weighted by atomic mass is 16.3. The molecule has 2 aromatic heterocycles. The standard InChI is InChI=1S/C10H11N3O/c1-7-12-5-4-8(13-7)10(11)9-3-2-6-14-9/h2-6,10H,11H2,1H3. The van der Waals surface area contributed by atoms with Crippen LogP contribution in [-0.4, -0.2) is 9.97 Å². The first-order valence-corrected chi connectivity index (χ1v) is 4.36. The molecule has 2 rings (SSSR count). The Morgan fingerprint density at radius 2 is 2.29 bits per heavy atom. The zero-order valence-electron chi connectivity index (χ0n) is 7.84. The second kappa shape index (κ2) is 3.59. The smallest absolute Gasteiger partial charge is 0.126 e. The lowest BCUT2D eigenvalue weighted by Crippen LogP contribution is -2.13. The van der Waals surface area contributed by atoms with Crippen molar-refractivity contribution in [3.05, 3.63) is 47.9 Å². The normalized spacial score (nSPS) is 12.7. The van der Waals surface area contributed by atoms with Gasteiger partial charge in [-0.2, -0.15) is 0 Å². The number of aryl methyl sites for hydroxylation is 1. The molecular formula is C10H11N3O. The number of hydrogen-bond donors (Lipinski definition) is 1. The minimum Gasteiger partial charge on any atom is -0.467 e. The maximum Gasteiger partial charge on any atom is 0.126 e. The van der Waals surface area contributed by atoms with E-state index in [9.17, 15) is 0 Å². The lowest BCUT2D eigenvalue weighted by atomic mass is 10.1. The molecule has 0 saturated carbocycles. The van der Waals surface area contributed by atoms with Crippen molar-refractivity contribution >= 4 is 0 Å². The van der Waals surface area contributed by atoms with E-state index in [1.165, 1.54) is 0 Å². The van der Waals surface area contributed by atoms with Crippen molar-refractivity contribution in [2.45, 2.75) is 13.0 Å². The molecule has 0 aliphatic heterocycles. The highest BCUT2D eigenvalue weighted by Gasteiger charge is 2.12. The zero-order valence-corrected chi connectivity index (χ0v) is 7.84. The summed E-state index contributed by atoms with van der Waals surface area (Å²) >= 11 is 0. The Hall–Kier alpha value is -1.68. The minimum atomic E-state index is -0.313. The van der Waals surface area contributed by atoms with Crippen LogP contribution in [0.25, 0.3) is 0 Å². The molecule has 72 valence electrons. The Labute approximate surface area is 81.8 Å². The van der Waals surface area contributed by atoms with Gasteiger partial charge in [0.2, 0.25) is 0 Å². The van der Waals surface area contributed by atoms with Crippen LogP contribution in [0.15, 0.2) is 35.1 Å². The van der Waals surface area contributed by atoms with Gasteiger partial charge < -0.3 is 10.2 Å². The van der Waals surface area contributed by atoms with Gasteiger partial charge in [-0.3, -0.25) is 0 Å². The van der Waals surface area contributed by atoms with E-state index < -0.39 is 0 Å². The Morgan fingerprint density at radius 1 is 1.43 bits per heavy atom. The van der Waals surface area contributed by atoms with Crippen molar-refractivity contribution in [1.29, 1.82) is 0 Å². The van der Waals surface area contributed by atoms with Crippen LogP contribution in [0.4, 0.5) is 0 Å². The van der Waals surface area contributed by atoms with Gasteiger partial charge in [0, 0.05) is 6.20 Å². The summed E-state index contributed by atoms with van der Waals surface area (Å²) in [6.07, 6.45) is 3.30. The van der Waals surface area contributed by atoms with Crippen LogP contribution in [0.3, 0.4) is 0 Å². The molecule has 2 aromatic rings. The van der Waals surface area contributed by atoms with E-state index in [0.717, 1.165) is 5.69 Å². The molecule has 0 amide bonds. The van der Waals surface area contributed by atoms with Crippen molar-refractivity contribution in [1.82, 2.24) is 9.97 Å². The molecule has 2 heterocycles. The predicted octanol–water partition coefficient (Wildman–Crippen LogP) is 1.43. The van der Waals surface area contributed by atoms with Crippen LogP contribution < -0.4 is 5.73 Å². The van der Waals surface area contributed by atoms with Gasteiger partial charge in [0.25, 0.3) is 0 Å². The van der Waals surface area contributed by atoms with Gasteiger partial charge in [-0.1, -0.05) is 0 Å². The van der Waals surface area contributed by atoms with E-state index in [-0.39, 0.29) is 6.04 Å². The van der Waals surface area contributed by atoms with E-state index in [4.69, 9.17) is 10.2 Å². The second-order valence-electron chi connectivity index (χ2n) is 3.02. The van der Waals surface area contributed by atoms with Crippen LogP contribution in [-0.2, 0) is 0 Å². The average Bonchev–Trinajstić information content (AvgIpc) is 2.69. The van der Waals surface area contributed by atoms with Crippen molar-refractivity contribution in [3.8, 4) is 0 Å². The van der Waals surface area contributed by atoms with Crippen LogP contribution in [0.5, 0.6) is 0 Å². The third-order valence-electron chi connectivity index (χ3n) is 1.97. The third kappa shape index (κ3) is 1.65. The predicted molar refractivity (Wildman–Crippen MR) is 51.5 cm³/mol. The number of nitrogens with zero attached hydrogens (tertiary/aromatic N) is 2. The Balaban J connectivity index is 2.32. The van der Waals surface area contributed by atoms with E-state index in [0.29, 0.717) is 11.6 Å². The molecule has 14 heavy (non-hydrogen) atoms. The summed E-state index contributed by atoms with van der Waals surface area (Å²) in [7, 11) is 0. The fourth-order valence-corrected chi connectivity index (χ4v) is 1.26. The summed E-state index contributed by atoms with van der Waals surface area (Å²) in [6, 6.07) is 5.12. The largest absolute Gasteiger partial charge is 0.467 e. The highest BCUT2D eigenvalue weighted by Crippen LogP contribution is 2.17. The lowest BCUT2D eigenvalue weighted by Gasteiger charge is -2.07. The zero-order chi connectivity index (χ0) is 9.97. The summed E-state index contributed by atoms with van der Waals surface area (Å²) < 4.78 is 5.20. The maximum absolute atomic E-state index is 5.95. The van der Waals surface area contributed by atoms with E-state index in [2.05, 4.69) is 9.97 Å². The Bertz CT molecular complexity index is 411. The maximum atomic E-state index is 5.95. The van der Waals surface area contributed by atoms with Crippen molar-refractivity contribution in [2.24, 2.45) is 5.73 Å². The van der Waals surface area contributed by atoms with Crippen LogP contribution in [0.1, 0.15) is 23.3 Å². The van der Waals surface area contributed by atoms with Crippen LogP contribution >= 0.6 is 0 Å². The molecule has 0 aromatic carbocycles. The topological polar surface area (TPSA) is 64.9 Å². The number of rotatable bonds is 2. The fourth-order valence-electron chi connectivity index (χ4n) is 1.26. The first-order chi connectivity index (χ1) is 6.77. The monoisotopic (exact) mass is 189 g/mol. The molecule has 0 saturated heterocycles. The quantitative estimate of drug-likeness (QED) is 0.776. The van der Waals surface area contributed by atoms with Gasteiger partial charge in [0.05, 0.1) is 12.0 Å². The molecule has 0 aliphatic carbocycles. The van der Waals surface area contributed by atoms with E-state index in [1.54, 1.807) is 18.5 Å².